The lowest BCUT2D eigenvalue weighted by Gasteiger charge is -2.03. The molecule has 0 aliphatic rings. The van der Waals surface area contributed by atoms with Crippen LogP contribution in [0.5, 0.6) is 0 Å². The van der Waals surface area contributed by atoms with E-state index in [0.29, 0.717) is 17.4 Å². The molecule has 0 aliphatic heterocycles. The summed E-state index contributed by atoms with van der Waals surface area (Å²) in [6, 6.07) is 0. The lowest BCUT2D eigenvalue weighted by Crippen LogP contribution is -1.91. The van der Waals surface area contributed by atoms with E-state index in [0.717, 1.165) is 18.5 Å². The van der Waals surface area contributed by atoms with E-state index in [1.54, 1.807) is 0 Å². The normalized spacial score (nSPS) is 11.7. The largest absolute Gasteiger partial charge is 0.394 e. The molecule has 1 heterocycles. The van der Waals surface area contributed by atoms with Gasteiger partial charge in [-0.05, 0) is 31.8 Å². The SMILES string of the molecule is CCC(/C=C/c1noc(C)c1N)CC. The predicted octanol–water partition coefficient (Wildman–Crippen LogP) is 3.01. The van der Waals surface area contributed by atoms with Gasteiger partial charge < -0.3 is 10.3 Å². The van der Waals surface area contributed by atoms with Crippen molar-refractivity contribution in [1.82, 2.24) is 5.16 Å². The molecule has 0 atom stereocenters. The third kappa shape index (κ3) is 2.37. The molecule has 3 nitrogen and oxygen atoms in total. The predicted molar refractivity (Wildman–Crippen MR) is 58.8 cm³/mol. The second-order valence-electron chi connectivity index (χ2n) is 3.47. The minimum atomic E-state index is 0.603. The van der Waals surface area contributed by atoms with Crippen molar-refractivity contribution in [3.8, 4) is 0 Å². The summed E-state index contributed by atoms with van der Waals surface area (Å²) in [5.41, 5.74) is 7.15. The van der Waals surface area contributed by atoms with Gasteiger partial charge in [-0.3, -0.25) is 0 Å². The second-order valence-corrected chi connectivity index (χ2v) is 3.47. The number of rotatable bonds is 4. The first-order valence-corrected chi connectivity index (χ1v) is 5.09. The average Bonchev–Trinajstić information content (AvgIpc) is 2.51. The fourth-order valence-corrected chi connectivity index (χ4v) is 1.30. The molecule has 1 aromatic heterocycles. The molecule has 78 valence electrons. The first-order chi connectivity index (χ1) is 6.69. The maximum atomic E-state index is 5.76. The molecule has 0 bridgehead atoms. The van der Waals surface area contributed by atoms with Gasteiger partial charge in [0.1, 0.15) is 11.4 Å². The highest BCUT2D eigenvalue weighted by Crippen LogP contribution is 2.18. The zero-order valence-corrected chi connectivity index (χ0v) is 9.08. The van der Waals surface area contributed by atoms with Gasteiger partial charge in [-0.1, -0.05) is 25.1 Å². The lowest BCUT2D eigenvalue weighted by molar-refractivity contribution is 0.396. The Bertz CT molecular complexity index is 311. The molecule has 0 aliphatic carbocycles. The molecule has 0 amide bonds. The van der Waals surface area contributed by atoms with Gasteiger partial charge in [0.05, 0.1) is 0 Å². The van der Waals surface area contributed by atoms with E-state index in [2.05, 4.69) is 25.1 Å². The number of anilines is 1. The summed E-state index contributed by atoms with van der Waals surface area (Å²) in [6.45, 7) is 6.17. The maximum Gasteiger partial charge on any atom is 0.157 e. The molecule has 14 heavy (non-hydrogen) atoms. The molecule has 0 saturated carbocycles. The minimum Gasteiger partial charge on any atom is -0.394 e. The Kier molecular flexibility index (Phi) is 3.74. The summed E-state index contributed by atoms with van der Waals surface area (Å²) in [4.78, 5) is 0. The van der Waals surface area contributed by atoms with Crippen molar-refractivity contribution in [2.24, 2.45) is 5.92 Å². The molecule has 0 aromatic carbocycles. The number of allylic oxidation sites excluding steroid dienone is 1. The summed E-state index contributed by atoms with van der Waals surface area (Å²) in [7, 11) is 0. The second kappa shape index (κ2) is 4.84. The molecular formula is C11H18N2O. The van der Waals surface area contributed by atoms with Crippen LogP contribution in [0.4, 0.5) is 5.69 Å². The van der Waals surface area contributed by atoms with Gasteiger partial charge in [-0.15, -0.1) is 0 Å². The standard InChI is InChI=1S/C11H18N2O/c1-4-9(5-2)6-7-10-11(12)8(3)14-13-10/h6-7,9H,4-5,12H2,1-3H3/b7-6+. The fourth-order valence-electron chi connectivity index (χ4n) is 1.30. The Morgan fingerprint density at radius 2 is 2.07 bits per heavy atom. The van der Waals surface area contributed by atoms with Crippen LogP contribution in [0.1, 0.15) is 38.1 Å². The molecule has 1 rings (SSSR count). The van der Waals surface area contributed by atoms with E-state index in [4.69, 9.17) is 10.3 Å². The molecule has 3 heteroatoms. The molecular weight excluding hydrogens is 176 g/mol. The average molecular weight is 194 g/mol. The van der Waals surface area contributed by atoms with Crippen molar-refractivity contribution in [3.05, 3.63) is 17.5 Å². The van der Waals surface area contributed by atoms with Gasteiger partial charge in [-0.2, -0.15) is 0 Å². The molecule has 0 fully saturated rings. The monoisotopic (exact) mass is 194 g/mol. The summed E-state index contributed by atoms with van der Waals surface area (Å²) in [5, 5.41) is 3.87. The zero-order chi connectivity index (χ0) is 10.6. The summed E-state index contributed by atoms with van der Waals surface area (Å²) < 4.78 is 4.97. The Labute approximate surface area is 85.0 Å². The first-order valence-electron chi connectivity index (χ1n) is 5.09. The summed E-state index contributed by atoms with van der Waals surface area (Å²) in [5.74, 6) is 1.29. The van der Waals surface area contributed by atoms with Gasteiger partial charge in [0.25, 0.3) is 0 Å². The van der Waals surface area contributed by atoms with Crippen LogP contribution < -0.4 is 5.73 Å². The Morgan fingerprint density at radius 1 is 1.43 bits per heavy atom. The zero-order valence-electron chi connectivity index (χ0n) is 9.08. The number of hydrogen-bond donors (Lipinski definition) is 1. The van der Waals surface area contributed by atoms with E-state index in [-0.39, 0.29) is 0 Å². The molecule has 0 unspecified atom stereocenters. The van der Waals surface area contributed by atoms with E-state index >= 15 is 0 Å². The molecule has 0 spiro atoms. The Hall–Kier alpha value is -1.25. The third-order valence-corrected chi connectivity index (χ3v) is 2.51. The van der Waals surface area contributed by atoms with E-state index in [1.807, 2.05) is 13.0 Å². The minimum absolute atomic E-state index is 0.603. The van der Waals surface area contributed by atoms with Crippen LogP contribution in [-0.2, 0) is 0 Å². The van der Waals surface area contributed by atoms with Crippen molar-refractivity contribution in [2.75, 3.05) is 5.73 Å². The maximum absolute atomic E-state index is 5.76. The van der Waals surface area contributed by atoms with Crippen molar-refractivity contribution in [3.63, 3.8) is 0 Å². The van der Waals surface area contributed by atoms with E-state index < -0.39 is 0 Å². The summed E-state index contributed by atoms with van der Waals surface area (Å²) in [6.07, 6.45) is 6.38. The van der Waals surface area contributed by atoms with Gasteiger partial charge in [0.2, 0.25) is 0 Å². The van der Waals surface area contributed by atoms with Crippen molar-refractivity contribution >= 4 is 11.8 Å². The van der Waals surface area contributed by atoms with Crippen molar-refractivity contribution < 1.29 is 4.52 Å². The summed E-state index contributed by atoms with van der Waals surface area (Å²) >= 11 is 0. The van der Waals surface area contributed by atoms with Crippen LogP contribution in [0.25, 0.3) is 6.08 Å². The number of nitrogens with zero attached hydrogens (tertiary/aromatic N) is 1. The third-order valence-electron chi connectivity index (χ3n) is 2.51. The number of aromatic nitrogens is 1. The first kappa shape index (κ1) is 10.8. The molecule has 0 radical (unpaired) electrons. The van der Waals surface area contributed by atoms with Crippen molar-refractivity contribution in [2.45, 2.75) is 33.6 Å². The van der Waals surface area contributed by atoms with Gasteiger partial charge in [0, 0.05) is 0 Å². The van der Waals surface area contributed by atoms with Crippen LogP contribution in [-0.4, -0.2) is 5.16 Å². The van der Waals surface area contributed by atoms with Crippen molar-refractivity contribution in [1.29, 1.82) is 0 Å². The lowest BCUT2D eigenvalue weighted by atomic mass is 10.0. The number of hydrogen-bond acceptors (Lipinski definition) is 3. The van der Waals surface area contributed by atoms with Crippen LogP contribution in [0.2, 0.25) is 0 Å². The number of aryl methyl sites for hydroxylation is 1. The van der Waals surface area contributed by atoms with Crippen LogP contribution >= 0.6 is 0 Å². The smallest absolute Gasteiger partial charge is 0.157 e. The Morgan fingerprint density at radius 3 is 2.50 bits per heavy atom. The molecule has 1 aromatic rings. The fraction of sp³-hybridized carbons (Fsp3) is 0.545. The topological polar surface area (TPSA) is 52.0 Å². The highest BCUT2D eigenvalue weighted by molar-refractivity contribution is 5.61. The number of nitrogen functional groups attached to an aromatic ring is 1. The Balaban J connectivity index is 2.72. The van der Waals surface area contributed by atoms with Crippen LogP contribution in [0.3, 0.4) is 0 Å². The highest BCUT2D eigenvalue weighted by Gasteiger charge is 2.06. The van der Waals surface area contributed by atoms with Crippen LogP contribution in [0, 0.1) is 12.8 Å². The van der Waals surface area contributed by atoms with Gasteiger partial charge >= 0.3 is 0 Å². The highest BCUT2D eigenvalue weighted by atomic mass is 16.5. The van der Waals surface area contributed by atoms with Gasteiger partial charge in [-0.25, -0.2) is 0 Å². The molecule has 2 N–H and O–H groups in total. The van der Waals surface area contributed by atoms with Gasteiger partial charge in [0.15, 0.2) is 5.76 Å². The van der Waals surface area contributed by atoms with Crippen LogP contribution in [0.15, 0.2) is 10.6 Å². The van der Waals surface area contributed by atoms with E-state index in [9.17, 15) is 0 Å². The number of nitrogens with two attached hydrogens (primary N) is 1. The quantitative estimate of drug-likeness (QED) is 0.801. The van der Waals surface area contributed by atoms with E-state index in [1.165, 1.54) is 0 Å². The molecule has 0 saturated heterocycles.